The van der Waals surface area contributed by atoms with Gasteiger partial charge in [-0.2, -0.15) is 0 Å². The summed E-state index contributed by atoms with van der Waals surface area (Å²) in [5.74, 6) is 1.23. The summed E-state index contributed by atoms with van der Waals surface area (Å²) in [6.07, 6.45) is 1.86. The predicted octanol–water partition coefficient (Wildman–Crippen LogP) is 3.67. The number of carbonyl (C=O) groups excluding carboxylic acids is 1. The average Bonchev–Trinajstić information content (AvgIpc) is 2.76. The third-order valence-corrected chi connectivity index (χ3v) is 3.78. The van der Waals surface area contributed by atoms with Gasteiger partial charge in [0.05, 0.1) is 6.54 Å². The summed E-state index contributed by atoms with van der Waals surface area (Å²) in [6.45, 7) is 6.89. The first kappa shape index (κ1) is 12.9. The molecule has 1 aliphatic rings. The summed E-state index contributed by atoms with van der Waals surface area (Å²) in [4.78, 5) is 18.6. The normalized spacial score (nSPS) is 14.0. The fourth-order valence-electron chi connectivity index (χ4n) is 2.50. The van der Waals surface area contributed by atoms with Crippen LogP contribution in [-0.4, -0.2) is 10.9 Å². The zero-order valence-electron chi connectivity index (χ0n) is 12.1. The number of aryl methyl sites for hydroxylation is 1. The Morgan fingerprint density at radius 1 is 1.20 bits per heavy atom. The van der Waals surface area contributed by atoms with Gasteiger partial charge in [0.2, 0.25) is 0 Å². The molecule has 2 aromatic rings. The molecule has 0 spiro atoms. The van der Waals surface area contributed by atoms with E-state index >= 15 is 0 Å². The van der Waals surface area contributed by atoms with E-state index in [-0.39, 0.29) is 5.91 Å². The molecule has 2 heterocycles. The Bertz CT molecular complexity index is 659. The van der Waals surface area contributed by atoms with Crippen molar-refractivity contribution >= 4 is 11.7 Å². The van der Waals surface area contributed by atoms with Gasteiger partial charge >= 0.3 is 0 Å². The van der Waals surface area contributed by atoms with E-state index in [0.29, 0.717) is 12.5 Å². The first-order valence-electron chi connectivity index (χ1n) is 6.93. The molecule has 1 amide bonds. The second kappa shape index (κ2) is 4.75. The molecule has 1 aliphatic heterocycles. The van der Waals surface area contributed by atoms with Crippen LogP contribution in [0.3, 0.4) is 0 Å². The number of rotatable bonds is 2. The molecule has 1 aromatic carbocycles. The maximum atomic E-state index is 12.5. The number of fused-ring (bicyclic) bond motifs is 1. The molecule has 0 atom stereocenters. The fraction of sp³-hybridized carbons (Fsp3) is 0.294. The van der Waals surface area contributed by atoms with Crippen LogP contribution in [0.5, 0.6) is 0 Å². The van der Waals surface area contributed by atoms with Crippen LogP contribution >= 0.6 is 0 Å². The van der Waals surface area contributed by atoms with E-state index in [2.05, 4.69) is 24.9 Å². The van der Waals surface area contributed by atoms with Crippen LogP contribution in [0.4, 0.5) is 5.82 Å². The molecule has 3 rings (SSSR count). The molecular formula is C17H18N2O. The van der Waals surface area contributed by atoms with E-state index in [1.165, 1.54) is 5.56 Å². The van der Waals surface area contributed by atoms with Crippen LogP contribution in [0, 0.1) is 6.92 Å². The lowest BCUT2D eigenvalue weighted by molar-refractivity contribution is 0.0996. The maximum absolute atomic E-state index is 12.5. The lowest BCUT2D eigenvalue weighted by atomic mass is 10.1. The van der Waals surface area contributed by atoms with E-state index in [1.807, 2.05) is 37.4 Å². The van der Waals surface area contributed by atoms with Gasteiger partial charge in [-0.15, -0.1) is 0 Å². The Balaban J connectivity index is 1.92. The monoisotopic (exact) mass is 266 g/mol. The number of benzene rings is 1. The van der Waals surface area contributed by atoms with Crippen molar-refractivity contribution in [3.05, 3.63) is 58.8 Å². The molecule has 0 aliphatic carbocycles. The van der Waals surface area contributed by atoms with Gasteiger partial charge in [0.1, 0.15) is 5.82 Å². The van der Waals surface area contributed by atoms with Gasteiger partial charge in [-0.3, -0.25) is 9.69 Å². The molecule has 0 bridgehead atoms. The summed E-state index contributed by atoms with van der Waals surface area (Å²) in [6, 6.07) is 10.0. The first-order chi connectivity index (χ1) is 9.56. The minimum Gasteiger partial charge on any atom is -0.288 e. The smallest absolute Gasteiger partial charge is 0.260 e. The van der Waals surface area contributed by atoms with Crippen molar-refractivity contribution in [1.82, 2.24) is 4.98 Å². The number of pyridine rings is 1. The molecule has 3 heteroatoms. The summed E-state index contributed by atoms with van der Waals surface area (Å²) in [5.41, 5.74) is 4.19. The summed E-state index contributed by atoms with van der Waals surface area (Å²) >= 11 is 0. The molecule has 0 saturated heterocycles. The van der Waals surface area contributed by atoms with Gasteiger partial charge in [0.25, 0.3) is 5.91 Å². The third kappa shape index (κ3) is 2.09. The SMILES string of the molecule is Cc1ccc2c(c1)C(=O)N(c1ccc(C(C)C)cn1)C2. The Kier molecular flexibility index (Phi) is 3.05. The van der Waals surface area contributed by atoms with E-state index in [9.17, 15) is 4.79 Å². The highest BCUT2D eigenvalue weighted by molar-refractivity contribution is 6.09. The van der Waals surface area contributed by atoms with Gasteiger partial charge in [-0.25, -0.2) is 4.98 Å². The lowest BCUT2D eigenvalue weighted by Crippen LogP contribution is -2.24. The van der Waals surface area contributed by atoms with Crippen LogP contribution in [-0.2, 0) is 6.54 Å². The zero-order chi connectivity index (χ0) is 14.3. The fourth-order valence-corrected chi connectivity index (χ4v) is 2.50. The second-order valence-corrected chi connectivity index (χ2v) is 5.66. The van der Waals surface area contributed by atoms with Crippen molar-refractivity contribution in [3.63, 3.8) is 0 Å². The summed E-state index contributed by atoms with van der Waals surface area (Å²) < 4.78 is 0. The second-order valence-electron chi connectivity index (χ2n) is 5.66. The van der Waals surface area contributed by atoms with Crippen molar-refractivity contribution in [2.75, 3.05) is 4.90 Å². The van der Waals surface area contributed by atoms with E-state index in [1.54, 1.807) is 4.90 Å². The van der Waals surface area contributed by atoms with Crippen LogP contribution < -0.4 is 4.90 Å². The number of aromatic nitrogens is 1. The lowest BCUT2D eigenvalue weighted by Gasteiger charge is -2.15. The number of hydrogen-bond acceptors (Lipinski definition) is 2. The molecular weight excluding hydrogens is 248 g/mol. The number of carbonyl (C=O) groups is 1. The highest BCUT2D eigenvalue weighted by Crippen LogP contribution is 2.28. The highest BCUT2D eigenvalue weighted by atomic mass is 16.2. The number of amides is 1. The van der Waals surface area contributed by atoms with Crippen LogP contribution in [0.15, 0.2) is 36.5 Å². The van der Waals surface area contributed by atoms with E-state index in [4.69, 9.17) is 0 Å². The molecule has 3 nitrogen and oxygen atoms in total. The Morgan fingerprint density at radius 2 is 2.00 bits per heavy atom. The predicted molar refractivity (Wildman–Crippen MR) is 80.0 cm³/mol. The molecule has 102 valence electrons. The van der Waals surface area contributed by atoms with Crippen molar-refractivity contribution in [3.8, 4) is 0 Å². The Hall–Kier alpha value is -2.16. The quantitative estimate of drug-likeness (QED) is 0.830. The zero-order valence-corrected chi connectivity index (χ0v) is 12.1. The topological polar surface area (TPSA) is 33.2 Å². The highest BCUT2D eigenvalue weighted by Gasteiger charge is 2.29. The summed E-state index contributed by atoms with van der Waals surface area (Å²) in [7, 11) is 0. The number of nitrogens with zero attached hydrogens (tertiary/aromatic N) is 2. The average molecular weight is 266 g/mol. The molecule has 0 saturated carbocycles. The van der Waals surface area contributed by atoms with E-state index in [0.717, 1.165) is 22.5 Å². The van der Waals surface area contributed by atoms with Gasteiger partial charge < -0.3 is 0 Å². The minimum absolute atomic E-state index is 0.0495. The van der Waals surface area contributed by atoms with Crippen LogP contribution in [0.2, 0.25) is 0 Å². The minimum atomic E-state index is 0.0495. The van der Waals surface area contributed by atoms with Gasteiger partial charge in [0.15, 0.2) is 0 Å². The maximum Gasteiger partial charge on any atom is 0.260 e. The number of hydrogen-bond donors (Lipinski definition) is 0. The standard InChI is InChI=1S/C17H18N2O/c1-11(2)13-6-7-16(18-9-13)19-10-14-5-4-12(3)8-15(14)17(19)20/h4-9,11H,10H2,1-3H3. The third-order valence-electron chi connectivity index (χ3n) is 3.78. The first-order valence-corrected chi connectivity index (χ1v) is 6.93. The Labute approximate surface area is 119 Å². The van der Waals surface area contributed by atoms with Gasteiger partial charge in [-0.05, 0) is 36.1 Å². The van der Waals surface area contributed by atoms with Crippen molar-refractivity contribution in [2.24, 2.45) is 0 Å². The molecule has 0 radical (unpaired) electrons. The number of anilines is 1. The van der Waals surface area contributed by atoms with Crippen molar-refractivity contribution in [2.45, 2.75) is 33.2 Å². The van der Waals surface area contributed by atoms with Gasteiger partial charge in [-0.1, -0.05) is 37.6 Å². The molecule has 0 fully saturated rings. The van der Waals surface area contributed by atoms with Crippen LogP contribution in [0.25, 0.3) is 0 Å². The molecule has 1 aromatic heterocycles. The largest absolute Gasteiger partial charge is 0.288 e. The summed E-state index contributed by atoms with van der Waals surface area (Å²) in [5, 5.41) is 0. The molecule has 20 heavy (non-hydrogen) atoms. The van der Waals surface area contributed by atoms with E-state index < -0.39 is 0 Å². The Morgan fingerprint density at radius 3 is 2.65 bits per heavy atom. The van der Waals surface area contributed by atoms with Crippen molar-refractivity contribution in [1.29, 1.82) is 0 Å². The van der Waals surface area contributed by atoms with Crippen molar-refractivity contribution < 1.29 is 4.79 Å². The molecule has 0 unspecified atom stereocenters. The van der Waals surface area contributed by atoms with Gasteiger partial charge in [0, 0.05) is 11.8 Å². The van der Waals surface area contributed by atoms with Crippen LogP contribution in [0.1, 0.15) is 46.8 Å². The molecule has 0 N–H and O–H groups in total.